The topological polar surface area (TPSA) is 66.3 Å². The summed E-state index contributed by atoms with van der Waals surface area (Å²) in [7, 11) is 0. The lowest BCUT2D eigenvalue weighted by Crippen LogP contribution is -2.36. The first-order chi connectivity index (χ1) is 11.2. The summed E-state index contributed by atoms with van der Waals surface area (Å²) in [6.07, 6.45) is 9.29. The van der Waals surface area contributed by atoms with Gasteiger partial charge in [0.25, 0.3) is 0 Å². The number of carboxylic acid groups (broad SMARTS) is 1. The molecule has 0 spiro atoms. The highest BCUT2D eigenvalue weighted by molar-refractivity contribution is 7.07. The van der Waals surface area contributed by atoms with E-state index in [2.05, 4.69) is 31.7 Å². The molecule has 1 fully saturated rings. The molecule has 3 rings (SSSR count). The Hall–Kier alpha value is -1.79. The van der Waals surface area contributed by atoms with Crippen molar-refractivity contribution in [2.45, 2.75) is 51.2 Å². The molecule has 5 nitrogen and oxygen atoms in total. The summed E-state index contributed by atoms with van der Waals surface area (Å²) in [4.78, 5) is 21.6. The quantitative estimate of drug-likeness (QED) is 0.876. The zero-order chi connectivity index (χ0) is 16.1. The van der Waals surface area contributed by atoms with Crippen LogP contribution in [0.4, 0.5) is 0 Å². The minimum Gasteiger partial charge on any atom is -0.476 e. The molecule has 0 atom stereocenters. The third-order valence-electron chi connectivity index (χ3n) is 4.35. The first-order valence-electron chi connectivity index (χ1n) is 8.02. The molecule has 2 heterocycles. The zero-order valence-electron chi connectivity index (χ0n) is 13.0. The average Bonchev–Trinajstić information content (AvgIpc) is 3.09. The van der Waals surface area contributed by atoms with Crippen LogP contribution in [0.15, 0.2) is 29.2 Å². The predicted molar refractivity (Wildman–Crippen MR) is 89.4 cm³/mol. The molecule has 1 aliphatic rings. The fraction of sp³-hybridized carbons (Fsp3) is 0.471. The van der Waals surface area contributed by atoms with E-state index in [1.165, 1.54) is 43.9 Å². The van der Waals surface area contributed by atoms with Gasteiger partial charge in [0.05, 0.1) is 18.1 Å². The number of nitrogens with zero attached hydrogens (tertiary/aromatic N) is 3. The van der Waals surface area contributed by atoms with Crippen molar-refractivity contribution < 1.29 is 9.90 Å². The van der Waals surface area contributed by atoms with Gasteiger partial charge in [0.15, 0.2) is 5.69 Å². The maximum atomic E-state index is 10.9. The van der Waals surface area contributed by atoms with Gasteiger partial charge in [0.1, 0.15) is 0 Å². The Balaban J connectivity index is 1.72. The Morgan fingerprint density at radius 2 is 2.04 bits per heavy atom. The largest absolute Gasteiger partial charge is 0.476 e. The maximum absolute atomic E-state index is 10.9. The van der Waals surface area contributed by atoms with E-state index in [-0.39, 0.29) is 5.69 Å². The minimum absolute atomic E-state index is 0.00389. The van der Waals surface area contributed by atoms with E-state index in [1.54, 1.807) is 17.5 Å². The summed E-state index contributed by atoms with van der Waals surface area (Å²) in [6.45, 7) is 1.63. The van der Waals surface area contributed by atoms with Crippen LogP contribution in [0.2, 0.25) is 0 Å². The van der Waals surface area contributed by atoms with Crippen LogP contribution < -0.4 is 0 Å². The Bertz CT molecular complexity index is 622. The van der Waals surface area contributed by atoms with Crippen molar-refractivity contribution in [1.82, 2.24) is 14.9 Å². The highest BCUT2D eigenvalue weighted by atomic mass is 32.1. The molecule has 0 bridgehead atoms. The van der Waals surface area contributed by atoms with Crippen molar-refractivity contribution in [2.75, 3.05) is 0 Å². The Morgan fingerprint density at radius 3 is 2.65 bits per heavy atom. The third kappa shape index (κ3) is 4.36. The lowest BCUT2D eigenvalue weighted by molar-refractivity contribution is 0.0689. The van der Waals surface area contributed by atoms with Crippen molar-refractivity contribution in [1.29, 1.82) is 0 Å². The minimum atomic E-state index is -1.04. The zero-order valence-corrected chi connectivity index (χ0v) is 13.8. The molecular formula is C17H21N3O2S. The van der Waals surface area contributed by atoms with E-state index in [4.69, 9.17) is 5.11 Å². The average molecular weight is 331 g/mol. The molecule has 122 valence electrons. The van der Waals surface area contributed by atoms with Gasteiger partial charge >= 0.3 is 5.97 Å². The van der Waals surface area contributed by atoms with Gasteiger partial charge < -0.3 is 5.11 Å². The van der Waals surface area contributed by atoms with Crippen LogP contribution >= 0.6 is 11.3 Å². The molecule has 1 aliphatic carbocycles. The fourth-order valence-electron chi connectivity index (χ4n) is 3.13. The van der Waals surface area contributed by atoms with Gasteiger partial charge in [-0.2, -0.15) is 11.3 Å². The number of aromatic nitrogens is 2. The van der Waals surface area contributed by atoms with Crippen LogP contribution in [0, 0.1) is 0 Å². The van der Waals surface area contributed by atoms with Gasteiger partial charge in [-0.1, -0.05) is 19.3 Å². The number of hydrogen-bond donors (Lipinski definition) is 1. The summed E-state index contributed by atoms with van der Waals surface area (Å²) in [5.41, 5.74) is 2.15. The van der Waals surface area contributed by atoms with E-state index in [0.717, 1.165) is 12.2 Å². The molecule has 0 radical (unpaired) electrons. The van der Waals surface area contributed by atoms with Gasteiger partial charge in [-0.15, -0.1) is 0 Å². The summed E-state index contributed by atoms with van der Waals surface area (Å²) in [6, 6.07) is 2.74. The highest BCUT2D eigenvalue weighted by Crippen LogP contribution is 2.25. The van der Waals surface area contributed by atoms with E-state index < -0.39 is 5.97 Å². The van der Waals surface area contributed by atoms with E-state index >= 15 is 0 Å². The first kappa shape index (κ1) is 16.1. The molecule has 0 aliphatic heterocycles. The van der Waals surface area contributed by atoms with Gasteiger partial charge in [-0.05, 0) is 35.2 Å². The van der Waals surface area contributed by atoms with Crippen LogP contribution in [-0.4, -0.2) is 32.0 Å². The lowest BCUT2D eigenvalue weighted by atomic mass is 9.94. The number of carboxylic acids is 1. The Labute approximate surface area is 140 Å². The molecule has 1 saturated carbocycles. The second kappa shape index (κ2) is 7.66. The molecular weight excluding hydrogens is 310 g/mol. The third-order valence-corrected chi connectivity index (χ3v) is 5.08. The number of aromatic carboxylic acids is 1. The predicted octanol–water partition coefficient (Wildman–Crippen LogP) is 3.57. The van der Waals surface area contributed by atoms with Crippen molar-refractivity contribution in [2.24, 2.45) is 0 Å². The molecule has 0 saturated heterocycles. The van der Waals surface area contributed by atoms with Crippen LogP contribution in [0.3, 0.4) is 0 Å². The van der Waals surface area contributed by atoms with Gasteiger partial charge in [0, 0.05) is 19.1 Å². The second-order valence-corrected chi connectivity index (χ2v) is 6.81. The van der Waals surface area contributed by atoms with Crippen molar-refractivity contribution in [3.63, 3.8) is 0 Å². The van der Waals surface area contributed by atoms with Crippen molar-refractivity contribution in [3.05, 3.63) is 46.2 Å². The van der Waals surface area contributed by atoms with E-state index in [0.29, 0.717) is 12.6 Å². The van der Waals surface area contributed by atoms with Crippen LogP contribution in [0.1, 0.15) is 53.8 Å². The van der Waals surface area contributed by atoms with Gasteiger partial charge in [0.2, 0.25) is 0 Å². The van der Waals surface area contributed by atoms with Crippen LogP contribution in [0.25, 0.3) is 0 Å². The lowest BCUT2D eigenvalue weighted by Gasteiger charge is -2.34. The highest BCUT2D eigenvalue weighted by Gasteiger charge is 2.22. The summed E-state index contributed by atoms with van der Waals surface area (Å²) in [5.74, 6) is -1.04. The van der Waals surface area contributed by atoms with Crippen LogP contribution in [-0.2, 0) is 13.1 Å². The Morgan fingerprint density at radius 1 is 1.22 bits per heavy atom. The number of hydrogen-bond acceptors (Lipinski definition) is 5. The molecule has 6 heteroatoms. The molecule has 23 heavy (non-hydrogen) atoms. The maximum Gasteiger partial charge on any atom is 0.356 e. The fourth-order valence-corrected chi connectivity index (χ4v) is 3.79. The van der Waals surface area contributed by atoms with Gasteiger partial charge in [-0.3, -0.25) is 9.88 Å². The summed E-state index contributed by atoms with van der Waals surface area (Å²) >= 11 is 1.72. The van der Waals surface area contributed by atoms with E-state index in [9.17, 15) is 4.79 Å². The smallest absolute Gasteiger partial charge is 0.356 e. The number of thiophene rings is 1. The first-order valence-corrected chi connectivity index (χ1v) is 8.96. The molecule has 2 aromatic rings. The van der Waals surface area contributed by atoms with Crippen molar-refractivity contribution >= 4 is 17.3 Å². The van der Waals surface area contributed by atoms with E-state index in [1.807, 2.05) is 0 Å². The standard InChI is InChI=1S/C17H21N3O2S/c21-17(22)16-9-18-14(8-19-16)11-20(10-13-6-7-23-12-13)15-4-2-1-3-5-15/h6-9,12,15H,1-5,10-11H2,(H,21,22). The molecule has 0 amide bonds. The summed E-state index contributed by atoms with van der Waals surface area (Å²) in [5, 5.41) is 13.2. The van der Waals surface area contributed by atoms with Crippen molar-refractivity contribution in [3.8, 4) is 0 Å². The molecule has 1 N–H and O–H groups in total. The molecule has 0 unspecified atom stereocenters. The molecule has 2 aromatic heterocycles. The second-order valence-electron chi connectivity index (χ2n) is 6.03. The normalized spacial score (nSPS) is 15.9. The SMILES string of the molecule is O=C(O)c1cnc(CN(Cc2ccsc2)C2CCCCC2)cn1. The number of carbonyl (C=O) groups is 1. The summed E-state index contributed by atoms with van der Waals surface area (Å²) < 4.78 is 0. The van der Waals surface area contributed by atoms with Gasteiger partial charge in [-0.25, -0.2) is 9.78 Å². The monoisotopic (exact) mass is 331 g/mol. The molecule has 0 aromatic carbocycles. The van der Waals surface area contributed by atoms with Crippen LogP contribution in [0.5, 0.6) is 0 Å². The number of rotatable bonds is 6. The Kier molecular flexibility index (Phi) is 5.35.